The highest BCUT2D eigenvalue weighted by Crippen LogP contribution is 2.42. The topological polar surface area (TPSA) is 82.1 Å². The minimum absolute atomic E-state index is 0.0306. The monoisotopic (exact) mass is 527 g/mol. The lowest BCUT2D eigenvalue weighted by atomic mass is 9.77. The van der Waals surface area contributed by atoms with E-state index in [1.54, 1.807) is 11.0 Å². The summed E-state index contributed by atoms with van der Waals surface area (Å²) in [6.07, 6.45) is 1.79. The third-order valence-electron chi connectivity index (χ3n) is 6.13. The second kappa shape index (κ2) is 11.6. The molecule has 0 saturated carbocycles. The predicted molar refractivity (Wildman–Crippen MR) is 132 cm³/mol. The fraction of sp³-hybridized carbons (Fsp3) is 0.480. The van der Waals surface area contributed by atoms with Gasteiger partial charge in [0.15, 0.2) is 11.5 Å². The average molecular weight is 528 g/mol. The van der Waals surface area contributed by atoms with Crippen LogP contribution in [0.4, 0.5) is 4.39 Å². The third kappa shape index (κ3) is 6.86. The molecule has 192 valence electrons. The lowest BCUT2D eigenvalue weighted by molar-refractivity contribution is -0.129. The number of carbonyl (C=O) groups is 1. The summed E-state index contributed by atoms with van der Waals surface area (Å²) in [4.78, 5) is 14.8. The van der Waals surface area contributed by atoms with Gasteiger partial charge in [-0.1, -0.05) is 23.7 Å². The number of hydrogen-bond donors (Lipinski definition) is 0. The van der Waals surface area contributed by atoms with Crippen molar-refractivity contribution in [3.63, 3.8) is 0 Å². The maximum atomic E-state index is 14.3. The average Bonchev–Trinajstić information content (AvgIpc) is 3.22. The molecule has 0 radical (unpaired) electrons. The van der Waals surface area contributed by atoms with Gasteiger partial charge in [-0.15, -0.1) is 0 Å². The molecule has 1 fully saturated rings. The molecular formula is C25H31ClFNO6S. The van der Waals surface area contributed by atoms with Crippen molar-refractivity contribution in [1.29, 1.82) is 0 Å². The summed E-state index contributed by atoms with van der Waals surface area (Å²) in [6, 6.07) is 9.95. The number of hydrogen-bond acceptors (Lipinski definition) is 6. The Hall–Kier alpha value is -2.36. The number of halogens is 2. The van der Waals surface area contributed by atoms with Gasteiger partial charge >= 0.3 is 0 Å². The van der Waals surface area contributed by atoms with Crippen LogP contribution in [0.3, 0.4) is 0 Å². The van der Waals surface area contributed by atoms with Gasteiger partial charge in [-0.25, -0.2) is 4.39 Å². The molecule has 0 N–H and O–H groups in total. The van der Waals surface area contributed by atoms with Crippen LogP contribution in [-0.4, -0.2) is 58.4 Å². The number of rotatable bonds is 11. The van der Waals surface area contributed by atoms with Crippen LogP contribution < -0.4 is 9.47 Å². The zero-order valence-electron chi connectivity index (χ0n) is 20.2. The summed E-state index contributed by atoms with van der Waals surface area (Å²) in [5.41, 5.74) is 0.480. The summed E-state index contributed by atoms with van der Waals surface area (Å²) in [6.45, 7) is 5.41. The zero-order valence-corrected chi connectivity index (χ0v) is 21.8. The summed E-state index contributed by atoms with van der Waals surface area (Å²) in [7, 11) is -3.62. The molecule has 0 aliphatic carbocycles. The Kier molecular flexibility index (Phi) is 9.01. The van der Waals surface area contributed by atoms with Crippen molar-refractivity contribution in [3.05, 3.63) is 58.4 Å². The van der Waals surface area contributed by atoms with Crippen LogP contribution in [0.5, 0.6) is 11.5 Å². The number of carbonyl (C=O) groups excluding carboxylic acids is 1. The van der Waals surface area contributed by atoms with Gasteiger partial charge in [0.1, 0.15) is 5.82 Å². The molecule has 10 heteroatoms. The highest BCUT2D eigenvalue weighted by molar-refractivity contribution is 7.85. The number of benzene rings is 2. The van der Waals surface area contributed by atoms with Crippen molar-refractivity contribution in [2.45, 2.75) is 38.5 Å². The van der Waals surface area contributed by atoms with E-state index < -0.39 is 21.4 Å². The maximum absolute atomic E-state index is 14.3. The van der Waals surface area contributed by atoms with E-state index in [0.29, 0.717) is 50.6 Å². The predicted octanol–water partition coefficient (Wildman–Crippen LogP) is 4.36. The van der Waals surface area contributed by atoms with E-state index in [4.69, 9.17) is 25.3 Å². The van der Waals surface area contributed by atoms with E-state index in [1.165, 1.54) is 12.1 Å². The molecule has 2 aromatic rings. The van der Waals surface area contributed by atoms with E-state index in [1.807, 2.05) is 32.0 Å². The van der Waals surface area contributed by atoms with E-state index in [-0.39, 0.29) is 29.5 Å². The van der Waals surface area contributed by atoms with Gasteiger partial charge in [0.2, 0.25) is 5.91 Å². The Morgan fingerprint density at radius 3 is 2.51 bits per heavy atom. The van der Waals surface area contributed by atoms with Crippen LogP contribution >= 0.6 is 11.6 Å². The first-order valence-corrected chi connectivity index (χ1v) is 13.7. The molecule has 35 heavy (non-hydrogen) atoms. The molecule has 7 nitrogen and oxygen atoms in total. The molecule has 0 spiro atoms. The SMILES string of the molecule is CCOc1ccc([C@@]2(CCOS(C)(=O)=O)CCN(C(=O)Cc3c(F)cccc3Cl)C2)cc1OCC. The van der Waals surface area contributed by atoms with E-state index in [0.717, 1.165) is 11.8 Å². The van der Waals surface area contributed by atoms with Crippen LogP contribution in [-0.2, 0) is 30.9 Å². The van der Waals surface area contributed by atoms with Gasteiger partial charge in [0, 0.05) is 29.1 Å². The number of amides is 1. The first kappa shape index (κ1) is 27.2. The van der Waals surface area contributed by atoms with Crippen LogP contribution in [0.15, 0.2) is 36.4 Å². The molecule has 3 rings (SSSR count). The molecule has 2 aromatic carbocycles. The quantitative estimate of drug-likeness (QED) is 0.404. The second-order valence-corrected chi connectivity index (χ2v) is 10.6. The van der Waals surface area contributed by atoms with Gasteiger partial charge in [-0.2, -0.15) is 8.42 Å². The molecule has 0 aromatic heterocycles. The van der Waals surface area contributed by atoms with Gasteiger partial charge in [-0.05, 0) is 56.5 Å². The van der Waals surface area contributed by atoms with E-state index in [9.17, 15) is 17.6 Å². The minimum Gasteiger partial charge on any atom is -0.490 e. The van der Waals surface area contributed by atoms with Crippen molar-refractivity contribution < 1.29 is 31.3 Å². The highest BCUT2D eigenvalue weighted by Gasteiger charge is 2.42. The van der Waals surface area contributed by atoms with Crippen LogP contribution in [0.25, 0.3) is 0 Å². The van der Waals surface area contributed by atoms with Crippen LogP contribution in [0.2, 0.25) is 5.02 Å². The fourth-order valence-corrected chi connectivity index (χ4v) is 5.02. The van der Waals surface area contributed by atoms with E-state index in [2.05, 4.69) is 0 Å². The van der Waals surface area contributed by atoms with Crippen molar-refractivity contribution in [2.75, 3.05) is 39.2 Å². The maximum Gasteiger partial charge on any atom is 0.264 e. The second-order valence-electron chi connectivity index (χ2n) is 8.53. The summed E-state index contributed by atoms with van der Waals surface area (Å²) < 4.78 is 53.9. The van der Waals surface area contributed by atoms with Crippen LogP contribution in [0.1, 0.15) is 37.8 Å². The standard InChI is InChI=1S/C25H31ClFNO6S/c1-4-32-22-10-9-18(15-23(22)33-5-2)25(12-14-34-35(3,30)31)11-13-28(17-25)24(29)16-19-20(26)7-6-8-21(19)27/h6-10,15H,4-5,11-14,16-17H2,1-3H3/t25-/m1/s1. The molecular weight excluding hydrogens is 497 g/mol. The normalized spacial score (nSPS) is 18.0. The van der Waals surface area contributed by atoms with Crippen molar-refractivity contribution in [2.24, 2.45) is 0 Å². The van der Waals surface area contributed by atoms with Gasteiger partial charge in [0.05, 0.1) is 32.5 Å². The lowest BCUT2D eigenvalue weighted by Gasteiger charge is -2.30. The molecule has 1 saturated heterocycles. The molecule has 1 aliphatic heterocycles. The Morgan fingerprint density at radius 2 is 1.86 bits per heavy atom. The first-order chi connectivity index (χ1) is 16.6. The van der Waals surface area contributed by atoms with Gasteiger partial charge in [0.25, 0.3) is 10.1 Å². The van der Waals surface area contributed by atoms with Crippen molar-refractivity contribution in [1.82, 2.24) is 4.90 Å². The summed E-state index contributed by atoms with van der Waals surface area (Å²) in [5.74, 6) is 0.420. The minimum atomic E-state index is -3.62. The molecule has 0 bridgehead atoms. The molecule has 1 heterocycles. The molecule has 1 atom stereocenters. The third-order valence-corrected chi connectivity index (χ3v) is 7.08. The zero-order chi connectivity index (χ0) is 25.6. The van der Waals surface area contributed by atoms with Crippen LogP contribution in [0, 0.1) is 5.82 Å². The summed E-state index contributed by atoms with van der Waals surface area (Å²) >= 11 is 6.12. The Balaban J connectivity index is 1.89. The van der Waals surface area contributed by atoms with E-state index >= 15 is 0 Å². The van der Waals surface area contributed by atoms with Crippen molar-refractivity contribution in [3.8, 4) is 11.5 Å². The Bertz CT molecular complexity index is 1140. The first-order valence-electron chi connectivity index (χ1n) is 11.5. The summed E-state index contributed by atoms with van der Waals surface area (Å²) in [5, 5.41) is 0.207. The lowest BCUT2D eigenvalue weighted by Crippen LogP contribution is -2.36. The highest BCUT2D eigenvalue weighted by atomic mass is 35.5. The smallest absolute Gasteiger partial charge is 0.264 e. The molecule has 1 amide bonds. The fourth-order valence-electron chi connectivity index (χ4n) is 4.40. The number of nitrogens with zero attached hydrogens (tertiary/aromatic N) is 1. The van der Waals surface area contributed by atoms with Gasteiger partial charge in [-0.3, -0.25) is 8.98 Å². The van der Waals surface area contributed by atoms with Crippen molar-refractivity contribution >= 4 is 27.6 Å². The molecule has 0 unspecified atom stereocenters. The number of ether oxygens (including phenoxy) is 2. The largest absolute Gasteiger partial charge is 0.490 e. The Labute approximate surface area is 211 Å². The number of likely N-dealkylation sites (tertiary alicyclic amines) is 1. The van der Waals surface area contributed by atoms with Gasteiger partial charge < -0.3 is 14.4 Å². The Morgan fingerprint density at radius 1 is 1.14 bits per heavy atom. The molecule has 1 aliphatic rings.